The van der Waals surface area contributed by atoms with Crippen LogP contribution >= 0.6 is 0 Å². The van der Waals surface area contributed by atoms with E-state index < -0.39 is 14.6 Å². The van der Waals surface area contributed by atoms with Crippen LogP contribution in [-0.2, 0) is 9.84 Å². The summed E-state index contributed by atoms with van der Waals surface area (Å²) in [5.41, 5.74) is 0.897. The number of ether oxygens (including phenoxy) is 1. The number of benzene rings is 1. The number of para-hydroxylation sites is 1. The van der Waals surface area contributed by atoms with Crippen molar-refractivity contribution >= 4 is 9.84 Å². The Bertz CT molecular complexity index is 547. The van der Waals surface area contributed by atoms with Crippen molar-refractivity contribution in [2.24, 2.45) is 0 Å². The van der Waals surface area contributed by atoms with Crippen LogP contribution < -0.4 is 10.1 Å². The molecule has 1 rings (SSSR count). The Morgan fingerprint density at radius 1 is 1.19 bits per heavy atom. The highest BCUT2D eigenvalue weighted by atomic mass is 32.2. The summed E-state index contributed by atoms with van der Waals surface area (Å²) in [7, 11) is -3.22. The first-order valence-electron chi connectivity index (χ1n) is 7.40. The zero-order valence-electron chi connectivity index (χ0n) is 13.6. The van der Waals surface area contributed by atoms with Crippen molar-refractivity contribution in [1.82, 2.24) is 5.32 Å². The van der Waals surface area contributed by atoms with Gasteiger partial charge in [-0.25, -0.2) is 8.42 Å². The zero-order chi connectivity index (χ0) is 16.1. The maximum Gasteiger partial charge on any atom is 0.157 e. The fraction of sp³-hybridized carbons (Fsp3) is 0.625. The highest BCUT2D eigenvalue weighted by Gasteiger charge is 2.32. The maximum atomic E-state index is 12.5. The minimum Gasteiger partial charge on any atom is -0.494 e. The molecule has 0 heterocycles. The van der Waals surface area contributed by atoms with Crippen LogP contribution in [0, 0.1) is 0 Å². The summed E-state index contributed by atoms with van der Waals surface area (Å²) in [6.45, 7) is 10.4. The second kappa shape index (κ2) is 7.27. The van der Waals surface area contributed by atoms with Gasteiger partial charge in [-0.2, -0.15) is 0 Å². The third kappa shape index (κ3) is 4.71. The SMILES string of the molecule is CCNC(CS(=O)(=O)C(C)(C)C)c1ccccc1OCC. The smallest absolute Gasteiger partial charge is 0.157 e. The zero-order valence-corrected chi connectivity index (χ0v) is 14.5. The van der Waals surface area contributed by atoms with E-state index in [1.54, 1.807) is 20.8 Å². The van der Waals surface area contributed by atoms with Crippen LogP contribution in [0.3, 0.4) is 0 Å². The number of hydrogen-bond acceptors (Lipinski definition) is 4. The lowest BCUT2D eigenvalue weighted by Crippen LogP contribution is -2.37. The van der Waals surface area contributed by atoms with Gasteiger partial charge in [0.2, 0.25) is 0 Å². The summed E-state index contributed by atoms with van der Waals surface area (Å²) in [6, 6.07) is 7.35. The summed E-state index contributed by atoms with van der Waals surface area (Å²) in [6.07, 6.45) is 0. The van der Waals surface area contributed by atoms with E-state index in [0.717, 1.165) is 11.3 Å². The fourth-order valence-corrected chi connectivity index (χ4v) is 3.27. The van der Waals surface area contributed by atoms with Crippen LogP contribution in [0.25, 0.3) is 0 Å². The van der Waals surface area contributed by atoms with Gasteiger partial charge in [-0.05, 0) is 40.3 Å². The molecule has 21 heavy (non-hydrogen) atoms. The average Bonchev–Trinajstić information content (AvgIpc) is 2.38. The van der Waals surface area contributed by atoms with E-state index in [1.165, 1.54) is 0 Å². The lowest BCUT2D eigenvalue weighted by atomic mass is 10.1. The van der Waals surface area contributed by atoms with Crippen molar-refractivity contribution in [1.29, 1.82) is 0 Å². The third-order valence-electron chi connectivity index (χ3n) is 3.36. The largest absolute Gasteiger partial charge is 0.494 e. The van der Waals surface area contributed by atoms with Crippen LogP contribution in [-0.4, -0.2) is 32.1 Å². The number of rotatable bonds is 7. The predicted octanol–water partition coefficient (Wildman–Crippen LogP) is 2.95. The van der Waals surface area contributed by atoms with E-state index in [1.807, 2.05) is 38.1 Å². The van der Waals surface area contributed by atoms with Gasteiger partial charge in [-0.15, -0.1) is 0 Å². The van der Waals surface area contributed by atoms with Crippen molar-refractivity contribution in [2.45, 2.75) is 45.4 Å². The molecule has 1 unspecified atom stereocenters. The standard InChI is InChI=1S/C16H27NO3S/c1-6-17-14(12-21(18,19)16(3,4)5)13-10-8-9-11-15(13)20-7-2/h8-11,14,17H,6-7,12H2,1-5H3. The van der Waals surface area contributed by atoms with Crippen molar-refractivity contribution in [3.05, 3.63) is 29.8 Å². The molecule has 0 saturated carbocycles. The third-order valence-corrected chi connectivity index (χ3v) is 6.00. The molecule has 0 aromatic heterocycles. The van der Waals surface area contributed by atoms with Gasteiger partial charge in [0.05, 0.1) is 17.1 Å². The monoisotopic (exact) mass is 313 g/mol. The van der Waals surface area contributed by atoms with Gasteiger partial charge >= 0.3 is 0 Å². The minimum absolute atomic E-state index is 0.0639. The summed E-state index contributed by atoms with van der Waals surface area (Å²) in [4.78, 5) is 0. The molecule has 0 aliphatic rings. The molecule has 1 atom stereocenters. The highest BCUT2D eigenvalue weighted by Crippen LogP contribution is 2.29. The van der Waals surface area contributed by atoms with E-state index >= 15 is 0 Å². The molecular formula is C16H27NO3S. The summed E-state index contributed by atoms with van der Waals surface area (Å²) >= 11 is 0. The van der Waals surface area contributed by atoms with E-state index in [4.69, 9.17) is 4.74 Å². The molecule has 120 valence electrons. The molecule has 0 amide bonds. The predicted molar refractivity (Wildman–Crippen MR) is 87.6 cm³/mol. The number of nitrogens with one attached hydrogen (secondary N) is 1. The molecule has 5 heteroatoms. The van der Waals surface area contributed by atoms with Crippen LogP contribution in [0.4, 0.5) is 0 Å². The molecule has 0 saturated heterocycles. The Morgan fingerprint density at radius 2 is 1.81 bits per heavy atom. The van der Waals surface area contributed by atoms with Gasteiger partial charge in [0.15, 0.2) is 9.84 Å². The first-order valence-corrected chi connectivity index (χ1v) is 9.05. The molecule has 1 aromatic rings. The highest BCUT2D eigenvalue weighted by molar-refractivity contribution is 7.92. The molecule has 0 fully saturated rings. The normalized spacial score (nSPS) is 14.0. The maximum absolute atomic E-state index is 12.5. The summed E-state index contributed by atoms with van der Waals surface area (Å²) in [5.74, 6) is 0.809. The Labute approximate surface area is 128 Å². The quantitative estimate of drug-likeness (QED) is 0.841. The second-order valence-electron chi connectivity index (χ2n) is 5.97. The molecule has 0 bridgehead atoms. The average molecular weight is 313 g/mol. The Kier molecular flexibility index (Phi) is 6.23. The van der Waals surface area contributed by atoms with Gasteiger partial charge in [0.1, 0.15) is 5.75 Å². The first-order chi connectivity index (χ1) is 9.73. The van der Waals surface area contributed by atoms with Gasteiger partial charge < -0.3 is 10.1 Å². The van der Waals surface area contributed by atoms with Gasteiger partial charge in [0, 0.05) is 11.6 Å². The van der Waals surface area contributed by atoms with Gasteiger partial charge in [-0.1, -0.05) is 25.1 Å². The van der Waals surface area contributed by atoms with E-state index in [9.17, 15) is 8.42 Å². The lowest BCUT2D eigenvalue weighted by molar-refractivity contribution is 0.332. The van der Waals surface area contributed by atoms with Crippen molar-refractivity contribution in [3.63, 3.8) is 0 Å². The Morgan fingerprint density at radius 3 is 2.33 bits per heavy atom. The number of hydrogen-bond donors (Lipinski definition) is 1. The van der Waals surface area contributed by atoms with Gasteiger partial charge in [-0.3, -0.25) is 0 Å². The molecule has 0 radical (unpaired) electrons. The van der Waals surface area contributed by atoms with E-state index in [0.29, 0.717) is 13.2 Å². The topological polar surface area (TPSA) is 55.4 Å². The summed E-state index contributed by atoms with van der Waals surface area (Å²) in [5, 5.41) is 3.27. The Balaban J connectivity index is 3.14. The van der Waals surface area contributed by atoms with E-state index in [-0.39, 0.29) is 11.8 Å². The van der Waals surface area contributed by atoms with Crippen LogP contribution in [0.1, 0.15) is 46.2 Å². The molecule has 1 N–H and O–H groups in total. The van der Waals surface area contributed by atoms with Crippen LogP contribution in [0.5, 0.6) is 5.75 Å². The second-order valence-corrected chi connectivity index (χ2v) is 8.76. The molecule has 1 aromatic carbocycles. The molecular weight excluding hydrogens is 286 g/mol. The Hall–Kier alpha value is -1.07. The van der Waals surface area contributed by atoms with Crippen molar-refractivity contribution in [2.75, 3.05) is 18.9 Å². The molecule has 0 aliphatic carbocycles. The van der Waals surface area contributed by atoms with Crippen LogP contribution in [0.15, 0.2) is 24.3 Å². The van der Waals surface area contributed by atoms with Gasteiger partial charge in [0.25, 0.3) is 0 Å². The first kappa shape index (κ1) is 18.0. The van der Waals surface area contributed by atoms with Crippen molar-refractivity contribution < 1.29 is 13.2 Å². The number of sulfone groups is 1. The van der Waals surface area contributed by atoms with Crippen LogP contribution in [0.2, 0.25) is 0 Å². The lowest BCUT2D eigenvalue weighted by Gasteiger charge is -2.26. The minimum atomic E-state index is -3.22. The fourth-order valence-electron chi connectivity index (χ4n) is 2.03. The molecule has 0 aliphatic heterocycles. The summed E-state index contributed by atoms with van der Waals surface area (Å²) < 4.78 is 29.9. The van der Waals surface area contributed by atoms with E-state index in [2.05, 4.69) is 5.32 Å². The van der Waals surface area contributed by atoms with Crippen molar-refractivity contribution in [3.8, 4) is 5.75 Å². The molecule has 0 spiro atoms. The molecule has 4 nitrogen and oxygen atoms in total.